The highest BCUT2D eigenvalue weighted by molar-refractivity contribution is 5.76. The summed E-state index contributed by atoms with van der Waals surface area (Å²) in [7, 11) is 0. The monoisotopic (exact) mass is 309 g/mol. The van der Waals surface area contributed by atoms with Crippen LogP contribution in [0.15, 0.2) is 40.9 Å². The molecule has 0 radical (unpaired) electrons. The summed E-state index contributed by atoms with van der Waals surface area (Å²) in [4.78, 5) is 15.6. The maximum absolute atomic E-state index is 12.9. The fourth-order valence-electron chi connectivity index (χ4n) is 1.77. The number of rotatable bonds is 7. The Morgan fingerprint density at radius 2 is 2.05 bits per heavy atom. The van der Waals surface area contributed by atoms with Gasteiger partial charge in [0.1, 0.15) is 0 Å². The number of alkyl halides is 2. The Morgan fingerprint density at radius 3 is 2.73 bits per heavy atom. The van der Waals surface area contributed by atoms with Crippen LogP contribution in [0.1, 0.15) is 12.3 Å². The van der Waals surface area contributed by atoms with E-state index in [9.17, 15) is 13.6 Å². The van der Waals surface area contributed by atoms with Crippen molar-refractivity contribution in [1.29, 1.82) is 0 Å². The molecule has 1 amide bonds. The molecule has 5 nitrogen and oxygen atoms in total. The zero-order valence-corrected chi connectivity index (χ0v) is 11.9. The van der Waals surface area contributed by atoms with Crippen LogP contribution >= 0.6 is 0 Å². The lowest BCUT2D eigenvalue weighted by Gasteiger charge is -2.14. The molecule has 0 aliphatic carbocycles. The summed E-state index contributed by atoms with van der Waals surface area (Å²) in [5.41, 5.74) is 5.77. The van der Waals surface area contributed by atoms with Crippen LogP contribution in [0.3, 0.4) is 0 Å². The van der Waals surface area contributed by atoms with E-state index in [1.54, 1.807) is 6.20 Å². The van der Waals surface area contributed by atoms with Crippen molar-refractivity contribution in [2.24, 2.45) is 5.73 Å². The fraction of sp³-hybridized carbons (Fsp3) is 0.333. The minimum atomic E-state index is -3.08. The first-order valence-corrected chi connectivity index (χ1v) is 6.85. The molecule has 2 aromatic rings. The van der Waals surface area contributed by atoms with Gasteiger partial charge in [-0.25, -0.2) is 13.8 Å². The number of amides is 1. The van der Waals surface area contributed by atoms with Crippen LogP contribution in [0.5, 0.6) is 0 Å². The van der Waals surface area contributed by atoms with Gasteiger partial charge >= 0.3 is 0 Å². The van der Waals surface area contributed by atoms with Gasteiger partial charge in [0.05, 0.1) is 19.3 Å². The lowest BCUT2D eigenvalue weighted by atomic mass is 10.2. The van der Waals surface area contributed by atoms with Crippen molar-refractivity contribution in [3.8, 4) is 11.3 Å². The number of hydrogen-bond donors (Lipinski definition) is 2. The Hall–Kier alpha value is -2.28. The number of carbonyl (C=O) groups is 1. The van der Waals surface area contributed by atoms with E-state index in [0.717, 1.165) is 5.56 Å². The van der Waals surface area contributed by atoms with Gasteiger partial charge in [0.2, 0.25) is 5.91 Å². The lowest BCUT2D eigenvalue weighted by molar-refractivity contribution is -0.122. The topological polar surface area (TPSA) is 81.1 Å². The second kappa shape index (κ2) is 7.13. The molecule has 0 aliphatic heterocycles. The fourth-order valence-corrected chi connectivity index (χ4v) is 1.77. The predicted octanol–water partition coefficient (Wildman–Crippen LogP) is 1.98. The molecule has 0 saturated carbocycles. The van der Waals surface area contributed by atoms with Crippen LogP contribution in [0.4, 0.5) is 8.78 Å². The van der Waals surface area contributed by atoms with E-state index < -0.39 is 24.9 Å². The molecular weight excluding hydrogens is 292 g/mol. The molecule has 0 bridgehead atoms. The van der Waals surface area contributed by atoms with E-state index in [1.165, 1.54) is 0 Å². The Kier molecular flexibility index (Phi) is 5.21. The second-order valence-electron chi connectivity index (χ2n) is 4.82. The molecule has 22 heavy (non-hydrogen) atoms. The summed E-state index contributed by atoms with van der Waals surface area (Å²) < 4.78 is 31.3. The number of hydrogen-bond acceptors (Lipinski definition) is 4. The predicted molar refractivity (Wildman–Crippen MR) is 77.3 cm³/mol. The number of halogens is 2. The van der Waals surface area contributed by atoms with Crippen LogP contribution in [0, 0.1) is 0 Å². The summed E-state index contributed by atoms with van der Waals surface area (Å²) in [6, 6.07) is 9.41. The van der Waals surface area contributed by atoms with Crippen molar-refractivity contribution in [3.05, 3.63) is 42.4 Å². The average molecular weight is 309 g/mol. The van der Waals surface area contributed by atoms with Gasteiger partial charge in [-0.15, -0.1) is 0 Å². The molecule has 0 spiro atoms. The molecule has 0 atom stereocenters. The molecule has 2 rings (SSSR count). The molecule has 3 N–H and O–H groups in total. The maximum atomic E-state index is 12.9. The Balaban J connectivity index is 1.83. The van der Waals surface area contributed by atoms with Gasteiger partial charge in [0.15, 0.2) is 11.7 Å². The minimum Gasteiger partial charge on any atom is -0.441 e. The van der Waals surface area contributed by atoms with Gasteiger partial charge in [-0.2, -0.15) is 0 Å². The van der Waals surface area contributed by atoms with Crippen LogP contribution in [0.25, 0.3) is 11.3 Å². The summed E-state index contributed by atoms with van der Waals surface area (Å²) in [5, 5.41) is 2.14. The standard InChI is InChI=1S/C15H17F2N3O2/c16-15(17,9-18)10-20-13(21)6-7-14-19-8-12(22-14)11-4-2-1-3-5-11/h1-5,8H,6-7,9-10,18H2,(H,20,21). The third-order valence-corrected chi connectivity index (χ3v) is 3.02. The number of nitrogens with two attached hydrogens (primary N) is 1. The zero-order chi connectivity index (χ0) is 16.0. The first kappa shape index (κ1) is 16.1. The number of benzene rings is 1. The first-order valence-electron chi connectivity index (χ1n) is 6.85. The average Bonchev–Trinajstić information content (AvgIpc) is 3.01. The smallest absolute Gasteiger partial charge is 0.277 e. The molecule has 118 valence electrons. The molecule has 0 aliphatic rings. The van der Waals surface area contributed by atoms with Crippen molar-refractivity contribution in [1.82, 2.24) is 10.3 Å². The van der Waals surface area contributed by atoms with Crippen molar-refractivity contribution < 1.29 is 18.0 Å². The third kappa shape index (κ3) is 4.63. The number of oxazole rings is 1. The van der Waals surface area contributed by atoms with Crippen molar-refractivity contribution in [3.63, 3.8) is 0 Å². The highest BCUT2D eigenvalue weighted by Crippen LogP contribution is 2.20. The molecule has 1 aromatic carbocycles. The maximum Gasteiger partial charge on any atom is 0.277 e. The van der Waals surface area contributed by atoms with Crippen LogP contribution < -0.4 is 11.1 Å². The molecule has 7 heteroatoms. The van der Waals surface area contributed by atoms with E-state index in [1.807, 2.05) is 30.3 Å². The quantitative estimate of drug-likeness (QED) is 0.819. The van der Waals surface area contributed by atoms with Gasteiger partial charge in [0, 0.05) is 18.4 Å². The highest BCUT2D eigenvalue weighted by atomic mass is 19.3. The Labute approximate surface area is 126 Å². The third-order valence-electron chi connectivity index (χ3n) is 3.02. The summed E-state index contributed by atoms with van der Waals surface area (Å²) in [6.45, 7) is -1.56. The number of nitrogens with one attached hydrogen (secondary N) is 1. The molecular formula is C15H17F2N3O2. The second-order valence-corrected chi connectivity index (χ2v) is 4.82. The van der Waals surface area contributed by atoms with E-state index in [0.29, 0.717) is 11.7 Å². The summed E-state index contributed by atoms with van der Waals surface area (Å²) in [5.74, 6) is -2.59. The van der Waals surface area contributed by atoms with Crippen molar-refractivity contribution >= 4 is 5.91 Å². The van der Waals surface area contributed by atoms with Crippen LogP contribution in [-0.2, 0) is 11.2 Å². The first-order chi connectivity index (χ1) is 10.5. The van der Waals surface area contributed by atoms with E-state index >= 15 is 0 Å². The molecule has 1 heterocycles. The molecule has 0 unspecified atom stereocenters. The highest BCUT2D eigenvalue weighted by Gasteiger charge is 2.27. The van der Waals surface area contributed by atoms with Gasteiger partial charge in [-0.1, -0.05) is 30.3 Å². The van der Waals surface area contributed by atoms with Gasteiger partial charge in [-0.3, -0.25) is 4.79 Å². The zero-order valence-electron chi connectivity index (χ0n) is 11.9. The van der Waals surface area contributed by atoms with E-state index in [2.05, 4.69) is 10.3 Å². The number of aryl methyl sites for hydroxylation is 1. The van der Waals surface area contributed by atoms with Crippen LogP contribution in [0.2, 0.25) is 0 Å². The number of nitrogens with zero attached hydrogens (tertiary/aromatic N) is 1. The van der Waals surface area contributed by atoms with E-state index in [-0.39, 0.29) is 12.8 Å². The number of aromatic nitrogens is 1. The molecule has 0 fully saturated rings. The Bertz CT molecular complexity index is 614. The van der Waals surface area contributed by atoms with Crippen molar-refractivity contribution in [2.75, 3.05) is 13.1 Å². The normalized spacial score (nSPS) is 11.4. The largest absolute Gasteiger partial charge is 0.441 e. The minimum absolute atomic E-state index is 0.0232. The Morgan fingerprint density at radius 1 is 1.32 bits per heavy atom. The van der Waals surface area contributed by atoms with Crippen molar-refractivity contribution in [2.45, 2.75) is 18.8 Å². The summed E-state index contributed by atoms with van der Waals surface area (Å²) in [6.07, 6.45) is 1.84. The van der Waals surface area contributed by atoms with Gasteiger partial charge in [-0.05, 0) is 0 Å². The molecule has 1 aromatic heterocycles. The SMILES string of the molecule is NCC(F)(F)CNC(=O)CCc1ncc(-c2ccccc2)o1. The van der Waals surface area contributed by atoms with E-state index in [4.69, 9.17) is 10.2 Å². The van der Waals surface area contributed by atoms with Gasteiger partial charge < -0.3 is 15.5 Å². The molecule has 0 saturated heterocycles. The lowest BCUT2D eigenvalue weighted by Crippen LogP contribution is -2.41. The van der Waals surface area contributed by atoms with Gasteiger partial charge in [0.25, 0.3) is 5.92 Å². The number of carbonyl (C=O) groups excluding carboxylic acids is 1. The van der Waals surface area contributed by atoms with Crippen LogP contribution in [-0.4, -0.2) is 29.9 Å². The summed E-state index contributed by atoms with van der Waals surface area (Å²) >= 11 is 0.